The highest BCUT2D eigenvalue weighted by Crippen LogP contribution is 1.93. The fraction of sp³-hybridized carbons (Fsp3) is 0.833. The van der Waals surface area contributed by atoms with Crippen LogP contribution in [0.5, 0.6) is 0 Å². The summed E-state index contributed by atoms with van der Waals surface area (Å²) >= 11 is 0. The van der Waals surface area contributed by atoms with Crippen LogP contribution in [0.4, 0.5) is 0 Å². The third-order valence-electron chi connectivity index (χ3n) is 0.274. The molecule has 0 atom stereocenters. The summed E-state index contributed by atoms with van der Waals surface area (Å²) in [5.74, 6) is 0. The molecule has 0 bridgehead atoms. The Morgan fingerprint density at radius 3 is 1.50 bits per heavy atom. The highest BCUT2D eigenvalue weighted by molar-refractivity contribution is 4.91. The second-order valence-electron chi connectivity index (χ2n) is 1.67. The number of nitriles is 1. The fourth-order valence-corrected chi connectivity index (χ4v) is 0. The van der Waals surface area contributed by atoms with Gasteiger partial charge in [-0.25, -0.2) is 0 Å². The first-order valence-corrected chi connectivity index (χ1v) is 2.70. The van der Waals surface area contributed by atoms with E-state index >= 15 is 0 Å². The van der Waals surface area contributed by atoms with E-state index < -0.39 is 5.60 Å². The van der Waals surface area contributed by atoms with Gasteiger partial charge in [0.2, 0.25) is 0 Å². The molecule has 0 aromatic rings. The van der Waals surface area contributed by atoms with Gasteiger partial charge in [-0.2, -0.15) is 5.26 Å². The zero-order valence-electron chi connectivity index (χ0n) is 5.89. The highest BCUT2D eigenvalue weighted by Gasteiger charge is 2.07. The first-order chi connectivity index (χ1) is 3.56. The van der Waals surface area contributed by atoms with E-state index in [-0.39, 0.29) is 0 Å². The lowest BCUT2D eigenvalue weighted by molar-refractivity contribution is 0.141. The second-order valence-corrected chi connectivity index (χ2v) is 1.67. The van der Waals surface area contributed by atoms with Gasteiger partial charge in [0, 0.05) is 0 Å². The summed E-state index contributed by atoms with van der Waals surface area (Å²) in [4.78, 5) is 0. The summed E-state index contributed by atoms with van der Waals surface area (Å²) in [6.07, 6.45) is 0. The quantitative estimate of drug-likeness (QED) is 0.484. The van der Waals surface area contributed by atoms with Crippen molar-refractivity contribution in [2.75, 3.05) is 0 Å². The molecule has 0 unspecified atom stereocenters. The van der Waals surface area contributed by atoms with Crippen molar-refractivity contribution >= 4 is 0 Å². The minimum atomic E-state index is -1.15. The summed E-state index contributed by atoms with van der Waals surface area (Å²) in [7, 11) is 0. The van der Waals surface area contributed by atoms with E-state index in [1.54, 1.807) is 6.07 Å². The normalized spacial score (nSPS) is 8.50. The molecule has 0 aromatic heterocycles. The lowest BCUT2D eigenvalue weighted by Gasteiger charge is -2.00. The van der Waals surface area contributed by atoms with Crippen molar-refractivity contribution in [1.29, 1.82) is 5.26 Å². The standard InChI is InChI=1S/C4H7NO.C2H6/c1-4(2,6)3-5;1-2/h6H,1-2H3;1-2H3. The van der Waals surface area contributed by atoms with E-state index in [1.165, 1.54) is 13.8 Å². The van der Waals surface area contributed by atoms with Gasteiger partial charge in [0.15, 0.2) is 0 Å². The van der Waals surface area contributed by atoms with Crippen molar-refractivity contribution in [2.24, 2.45) is 0 Å². The molecular weight excluding hydrogens is 102 g/mol. The van der Waals surface area contributed by atoms with Crippen LogP contribution in [-0.2, 0) is 0 Å². The lowest BCUT2D eigenvalue weighted by atomic mass is 10.2. The van der Waals surface area contributed by atoms with Gasteiger partial charge < -0.3 is 5.11 Å². The van der Waals surface area contributed by atoms with Crippen LogP contribution in [0.2, 0.25) is 0 Å². The maximum atomic E-state index is 8.47. The van der Waals surface area contributed by atoms with Gasteiger partial charge in [-0.05, 0) is 13.8 Å². The summed E-state index contributed by atoms with van der Waals surface area (Å²) < 4.78 is 0. The van der Waals surface area contributed by atoms with Crippen molar-refractivity contribution in [1.82, 2.24) is 0 Å². The molecule has 1 N–H and O–H groups in total. The van der Waals surface area contributed by atoms with Gasteiger partial charge in [-0.1, -0.05) is 13.8 Å². The predicted molar refractivity (Wildman–Crippen MR) is 33.3 cm³/mol. The van der Waals surface area contributed by atoms with Gasteiger partial charge >= 0.3 is 0 Å². The first kappa shape index (κ1) is 10.4. The van der Waals surface area contributed by atoms with Gasteiger partial charge in [-0.15, -0.1) is 0 Å². The second kappa shape index (κ2) is 4.61. The largest absolute Gasteiger partial charge is 0.376 e. The van der Waals surface area contributed by atoms with Crippen molar-refractivity contribution < 1.29 is 5.11 Å². The van der Waals surface area contributed by atoms with E-state index in [9.17, 15) is 0 Å². The third-order valence-corrected chi connectivity index (χ3v) is 0.274. The molecule has 0 aliphatic rings. The maximum absolute atomic E-state index is 8.47. The molecule has 2 nitrogen and oxygen atoms in total. The Bertz CT molecular complexity index is 75.5. The Kier molecular flexibility index (Phi) is 6.01. The molecule has 2 heteroatoms. The number of nitrogens with zero attached hydrogens (tertiary/aromatic N) is 1. The van der Waals surface area contributed by atoms with E-state index in [2.05, 4.69) is 0 Å². The molecule has 0 amide bonds. The SMILES string of the molecule is CC.CC(C)(O)C#N. The predicted octanol–water partition coefficient (Wildman–Crippen LogP) is 1.31. The Morgan fingerprint density at radius 1 is 1.38 bits per heavy atom. The monoisotopic (exact) mass is 115 g/mol. The average Bonchev–Trinajstić information content (AvgIpc) is 1.71. The Labute approximate surface area is 50.8 Å². The smallest absolute Gasteiger partial charge is 0.145 e. The fourth-order valence-electron chi connectivity index (χ4n) is 0. The van der Waals surface area contributed by atoms with Crippen molar-refractivity contribution in [3.8, 4) is 6.07 Å². The maximum Gasteiger partial charge on any atom is 0.145 e. The van der Waals surface area contributed by atoms with Crippen molar-refractivity contribution in [2.45, 2.75) is 33.3 Å². The van der Waals surface area contributed by atoms with Crippen LogP contribution in [0, 0.1) is 11.3 Å². The minimum absolute atomic E-state index is 1.15. The molecular formula is C6H13NO. The average molecular weight is 115 g/mol. The molecule has 0 saturated heterocycles. The van der Waals surface area contributed by atoms with Gasteiger partial charge in [0.05, 0.1) is 6.07 Å². The summed E-state index contributed by atoms with van der Waals surface area (Å²) in [5.41, 5.74) is -1.15. The number of aliphatic hydroxyl groups is 1. The zero-order chi connectivity index (χ0) is 7.21. The van der Waals surface area contributed by atoms with Crippen LogP contribution in [0.25, 0.3) is 0 Å². The van der Waals surface area contributed by atoms with Crippen molar-refractivity contribution in [3.63, 3.8) is 0 Å². The van der Waals surface area contributed by atoms with E-state index in [0.29, 0.717) is 0 Å². The first-order valence-electron chi connectivity index (χ1n) is 2.70. The van der Waals surface area contributed by atoms with Crippen LogP contribution >= 0.6 is 0 Å². The summed E-state index contributed by atoms with van der Waals surface area (Å²) in [6, 6.07) is 1.66. The van der Waals surface area contributed by atoms with Gasteiger partial charge in [0.25, 0.3) is 0 Å². The van der Waals surface area contributed by atoms with Crippen LogP contribution in [-0.4, -0.2) is 10.7 Å². The number of hydrogen-bond donors (Lipinski definition) is 1. The van der Waals surface area contributed by atoms with Gasteiger partial charge in [0.1, 0.15) is 5.60 Å². The molecule has 0 saturated carbocycles. The van der Waals surface area contributed by atoms with Crippen molar-refractivity contribution in [3.05, 3.63) is 0 Å². The Balaban J connectivity index is 0. The molecule has 0 aliphatic carbocycles. The molecule has 0 spiro atoms. The molecule has 48 valence electrons. The lowest BCUT2D eigenvalue weighted by Crippen LogP contribution is -2.13. The molecule has 0 heterocycles. The van der Waals surface area contributed by atoms with Crippen LogP contribution in [0.1, 0.15) is 27.7 Å². The molecule has 0 aromatic carbocycles. The molecule has 8 heavy (non-hydrogen) atoms. The number of hydrogen-bond acceptors (Lipinski definition) is 2. The van der Waals surface area contributed by atoms with Crippen LogP contribution in [0.3, 0.4) is 0 Å². The van der Waals surface area contributed by atoms with Crippen LogP contribution in [0.15, 0.2) is 0 Å². The number of rotatable bonds is 0. The van der Waals surface area contributed by atoms with E-state index in [4.69, 9.17) is 10.4 Å². The van der Waals surface area contributed by atoms with E-state index in [0.717, 1.165) is 0 Å². The third kappa shape index (κ3) is 18.0. The van der Waals surface area contributed by atoms with E-state index in [1.807, 2.05) is 13.8 Å². The zero-order valence-corrected chi connectivity index (χ0v) is 5.89. The molecule has 0 fully saturated rings. The summed E-state index contributed by atoms with van der Waals surface area (Å²) in [6.45, 7) is 6.88. The summed E-state index contributed by atoms with van der Waals surface area (Å²) in [5, 5.41) is 16.4. The molecule has 0 radical (unpaired) electrons. The molecule has 0 rings (SSSR count). The topological polar surface area (TPSA) is 44.0 Å². The molecule has 0 aliphatic heterocycles. The Hall–Kier alpha value is -0.550. The van der Waals surface area contributed by atoms with Crippen LogP contribution < -0.4 is 0 Å². The highest BCUT2D eigenvalue weighted by atomic mass is 16.3. The Morgan fingerprint density at radius 2 is 1.50 bits per heavy atom. The van der Waals surface area contributed by atoms with Gasteiger partial charge in [-0.3, -0.25) is 0 Å². The minimum Gasteiger partial charge on any atom is -0.376 e.